The number of likely N-dealkylation sites (tertiary alicyclic amines) is 1. The van der Waals surface area contributed by atoms with E-state index in [2.05, 4.69) is 0 Å². The van der Waals surface area contributed by atoms with Gasteiger partial charge in [0.15, 0.2) is 0 Å². The number of hydroxylamine groups is 3. The second-order valence-electron chi connectivity index (χ2n) is 6.65. The van der Waals surface area contributed by atoms with Gasteiger partial charge in [-0.2, -0.15) is 13.1 Å². The van der Waals surface area contributed by atoms with Gasteiger partial charge in [-0.3, -0.25) is 4.55 Å². The topological polar surface area (TPSA) is 74.6 Å². The maximum absolute atomic E-state index is 11.7. The molecule has 2 N–H and O–H groups in total. The van der Waals surface area contributed by atoms with E-state index in [0.29, 0.717) is 31.6 Å². The summed E-state index contributed by atoms with van der Waals surface area (Å²) in [4.78, 5) is -0.0498. The van der Waals surface area contributed by atoms with Crippen LogP contribution in [0, 0.1) is 6.92 Å². The number of hydrogen-bond donors (Lipinski definition) is 2. The van der Waals surface area contributed by atoms with Crippen molar-refractivity contribution in [2.75, 3.05) is 13.1 Å². The van der Waals surface area contributed by atoms with Crippen LogP contribution in [-0.4, -0.2) is 35.9 Å². The number of aryl methyl sites for hydroxylation is 1. The highest BCUT2D eigenvalue weighted by Gasteiger charge is 2.40. The van der Waals surface area contributed by atoms with Gasteiger partial charge in [-0.25, -0.2) is 5.21 Å². The average Bonchev–Trinajstić information content (AvgIpc) is 2.89. The minimum atomic E-state index is -4.27. The van der Waals surface area contributed by atoms with E-state index in [4.69, 9.17) is 0 Å². The SMILES string of the molecule is Cc1ccc(S(=O)(=O)O)c(C2CC[N@@+](O)(Cc3ccccc3)C2)c1. The normalized spacial score (nSPS) is 24.2. The van der Waals surface area contributed by atoms with Crippen molar-refractivity contribution in [2.24, 2.45) is 0 Å². The number of rotatable bonds is 4. The van der Waals surface area contributed by atoms with Crippen LogP contribution in [0.1, 0.15) is 29.0 Å². The van der Waals surface area contributed by atoms with E-state index in [0.717, 1.165) is 11.1 Å². The molecule has 5 nitrogen and oxygen atoms in total. The van der Waals surface area contributed by atoms with Gasteiger partial charge in [0.25, 0.3) is 10.1 Å². The summed E-state index contributed by atoms with van der Waals surface area (Å²) in [5.41, 5.74) is 2.57. The maximum atomic E-state index is 11.7. The van der Waals surface area contributed by atoms with Crippen LogP contribution < -0.4 is 0 Å². The van der Waals surface area contributed by atoms with Crippen LogP contribution in [0.15, 0.2) is 53.4 Å². The zero-order valence-electron chi connectivity index (χ0n) is 13.6. The van der Waals surface area contributed by atoms with Crippen LogP contribution in [0.4, 0.5) is 0 Å². The molecule has 2 atom stereocenters. The van der Waals surface area contributed by atoms with Crippen molar-refractivity contribution in [3.8, 4) is 0 Å². The molecule has 0 bridgehead atoms. The molecule has 0 saturated carbocycles. The molecular formula is C18H22NO4S+. The van der Waals surface area contributed by atoms with Crippen LogP contribution in [0.2, 0.25) is 0 Å². The summed E-state index contributed by atoms with van der Waals surface area (Å²) < 4.78 is 32.7. The van der Waals surface area contributed by atoms with E-state index in [9.17, 15) is 18.2 Å². The Kier molecular flexibility index (Phi) is 4.48. The summed E-state index contributed by atoms with van der Waals surface area (Å²) in [6.45, 7) is 3.36. The first kappa shape index (κ1) is 17.1. The molecule has 0 spiro atoms. The third kappa shape index (κ3) is 3.67. The van der Waals surface area contributed by atoms with E-state index < -0.39 is 10.1 Å². The zero-order valence-corrected chi connectivity index (χ0v) is 14.4. The summed E-state index contributed by atoms with van der Waals surface area (Å²) in [6, 6.07) is 14.7. The standard InChI is InChI=1S/C18H21NO4S/c1-14-7-8-18(24(21,22)23)17(11-14)16-9-10-19(20,13-16)12-15-5-3-2-4-6-15/h2-8,11,16,20H,9-10,12-13H2,1H3/p+1/t16?,19-/m1/s1. The predicted molar refractivity (Wildman–Crippen MR) is 90.3 cm³/mol. The van der Waals surface area contributed by atoms with Gasteiger partial charge in [0.1, 0.15) is 19.6 Å². The number of nitrogens with zero attached hydrogens (tertiary/aromatic N) is 1. The minimum absolute atomic E-state index is 0.0498. The highest BCUT2D eigenvalue weighted by Crippen LogP contribution is 2.36. The van der Waals surface area contributed by atoms with E-state index in [1.165, 1.54) is 6.07 Å². The van der Waals surface area contributed by atoms with Crippen molar-refractivity contribution >= 4 is 10.1 Å². The Bertz CT molecular complexity index is 835. The molecule has 0 radical (unpaired) electrons. The average molecular weight is 348 g/mol. The van der Waals surface area contributed by atoms with Crippen LogP contribution in [0.3, 0.4) is 0 Å². The smallest absolute Gasteiger partial charge is 0.282 e. The Balaban J connectivity index is 1.87. The minimum Gasteiger partial charge on any atom is -0.282 e. The Hall–Kier alpha value is -1.73. The molecule has 0 amide bonds. The Morgan fingerprint density at radius 1 is 1.17 bits per heavy atom. The van der Waals surface area contributed by atoms with Gasteiger partial charge in [-0.15, -0.1) is 0 Å². The first-order valence-electron chi connectivity index (χ1n) is 7.98. The van der Waals surface area contributed by atoms with Gasteiger partial charge in [-0.05, 0) is 18.6 Å². The van der Waals surface area contributed by atoms with Crippen molar-refractivity contribution in [3.63, 3.8) is 0 Å². The molecule has 2 aromatic rings. The fourth-order valence-corrected chi connectivity index (χ4v) is 4.29. The molecule has 6 heteroatoms. The molecule has 1 fully saturated rings. The van der Waals surface area contributed by atoms with Crippen molar-refractivity contribution in [1.29, 1.82) is 0 Å². The van der Waals surface area contributed by atoms with Gasteiger partial charge in [-0.1, -0.05) is 48.0 Å². The lowest BCUT2D eigenvalue weighted by molar-refractivity contribution is -1.10. The number of quaternary nitrogens is 1. The Morgan fingerprint density at radius 3 is 2.54 bits per heavy atom. The predicted octanol–water partition coefficient (Wildman–Crippen LogP) is 3.14. The van der Waals surface area contributed by atoms with Gasteiger partial charge in [0.05, 0.1) is 4.90 Å². The van der Waals surface area contributed by atoms with Crippen molar-refractivity contribution < 1.29 is 22.8 Å². The number of hydrogen-bond acceptors (Lipinski definition) is 3. The molecule has 0 aromatic heterocycles. The maximum Gasteiger partial charge on any atom is 0.294 e. The fourth-order valence-electron chi connectivity index (χ4n) is 3.53. The molecular weight excluding hydrogens is 326 g/mol. The zero-order chi connectivity index (χ0) is 17.4. The van der Waals surface area contributed by atoms with Crippen LogP contribution in [0.25, 0.3) is 0 Å². The molecule has 1 aliphatic rings. The van der Waals surface area contributed by atoms with Gasteiger partial charge in [0.2, 0.25) is 0 Å². The lowest BCUT2D eigenvalue weighted by Crippen LogP contribution is -2.41. The van der Waals surface area contributed by atoms with Gasteiger partial charge >= 0.3 is 0 Å². The third-order valence-electron chi connectivity index (χ3n) is 4.66. The summed E-state index contributed by atoms with van der Waals surface area (Å²) in [5.74, 6) is -0.101. The monoisotopic (exact) mass is 348 g/mol. The lowest BCUT2D eigenvalue weighted by Gasteiger charge is -2.25. The molecule has 0 aliphatic carbocycles. The molecule has 1 saturated heterocycles. The molecule has 128 valence electrons. The largest absolute Gasteiger partial charge is 0.294 e. The Labute approximate surface area is 142 Å². The summed E-state index contributed by atoms with van der Waals surface area (Å²) in [5, 5.41) is 10.9. The molecule has 3 rings (SSSR count). The second kappa shape index (κ2) is 6.29. The van der Waals surface area contributed by atoms with E-state index in [1.54, 1.807) is 12.1 Å². The molecule has 1 unspecified atom stereocenters. The highest BCUT2D eigenvalue weighted by atomic mass is 32.2. The van der Waals surface area contributed by atoms with E-state index in [-0.39, 0.29) is 15.5 Å². The third-order valence-corrected chi connectivity index (χ3v) is 5.58. The highest BCUT2D eigenvalue weighted by molar-refractivity contribution is 7.85. The first-order chi connectivity index (χ1) is 11.3. The molecule has 1 aliphatic heterocycles. The van der Waals surface area contributed by atoms with Crippen LogP contribution in [0.5, 0.6) is 0 Å². The van der Waals surface area contributed by atoms with Gasteiger partial charge < -0.3 is 0 Å². The second-order valence-corrected chi connectivity index (χ2v) is 8.04. The number of benzene rings is 2. The quantitative estimate of drug-likeness (QED) is 0.657. The van der Waals surface area contributed by atoms with Crippen LogP contribution in [-0.2, 0) is 16.7 Å². The lowest BCUT2D eigenvalue weighted by atomic mass is 9.97. The van der Waals surface area contributed by atoms with E-state index >= 15 is 0 Å². The van der Waals surface area contributed by atoms with E-state index in [1.807, 2.05) is 37.3 Å². The summed E-state index contributed by atoms with van der Waals surface area (Å²) in [6.07, 6.45) is 0.676. The molecule has 2 aromatic carbocycles. The fraction of sp³-hybridized carbons (Fsp3) is 0.333. The van der Waals surface area contributed by atoms with Crippen molar-refractivity contribution in [2.45, 2.75) is 30.7 Å². The summed E-state index contributed by atoms with van der Waals surface area (Å²) in [7, 11) is -4.27. The molecule has 24 heavy (non-hydrogen) atoms. The first-order valence-corrected chi connectivity index (χ1v) is 9.42. The Morgan fingerprint density at radius 2 is 1.88 bits per heavy atom. The van der Waals surface area contributed by atoms with Crippen LogP contribution >= 0.6 is 0 Å². The molecule has 1 heterocycles. The van der Waals surface area contributed by atoms with Crippen molar-refractivity contribution in [1.82, 2.24) is 0 Å². The van der Waals surface area contributed by atoms with Gasteiger partial charge in [0, 0.05) is 17.9 Å². The summed E-state index contributed by atoms with van der Waals surface area (Å²) >= 11 is 0. The van der Waals surface area contributed by atoms with Crippen molar-refractivity contribution in [3.05, 3.63) is 65.2 Å².